The van der Waals surface area contributed by atoms with Gasteiger partial charge in [0.2, 0.25) is 0 Å². The van der Waals surface area contributed by atoms with Gasteiger partial charge in [0.25, 0.3) is 0 Å². The molecule has 1 aromatic heterocycles. The lowest BCUT2D eigenvalue weighted by Gasteiger charge is -1.73. The zero-order chi connectivity index (χ0) is 6.15. The summed E-state index contributed by atoms with van der Waals surface area (Å²) >= 11 is 14.9. The minimum Gasteiger partial charge on any atom is -0.116 e. The molecule has 0 nitrogen and oxygen atoms in total. The van der Waals surface area contributed by atoms with Crippen LogP contribution in [0, 0.1) is 2.88 Å². The van der Waals surface area contributed by atoms with Gasteiger partial charge in [-0.3, -0.25) is 0 Å². The van der Waals surface area contributed by atoms with E-state index in [-0.39, 0.29) is 0 Å². The normalized spacial score (nSPS) is 9.88. The molecular formula is C4HCl2IS. The van der Waals surface area contributed by atoms with Gasteiger partial charge in [-0.2, -0.15) is 0 Å². The summed E-state index contributed by atoms with van der Waals surface area (Å²) in [6, 6.07) is 1.84. The lowest BCUT2D eigenvalue weighted by atomic mass is 10.7. The topological polar surface area (TPSA) is 0 Å². The maximum atomic E-state index is 5.61. The van der Waals surface area contributed by atoms with Crippen LogP contribution in [-0.2, 0) is 0 Å². The van der Waals surface area contributed by atoms with Gasteiger partial charge in [-0.25, -0.2) is 0 Å². The largest absolute Gasteiger partial charge is 0.116 e. The molecule has 0 atom stereocenters. The predicted octanol–water partition coefficient (Wildman–Crippen LogP) is 3.66. The van der Waals surface area contributed by atoms with Crippen molar-refractivity contribution in [3.63, 3.8) is 0 Å². The van der Waals surface area contributed by atoms with E-state index in [1.165, 1.54) is 11.3 Å². The molecule has 8 heavy (non-hydrogen) atoms. The molecule has 0 unspecified atom stereocenters. The van der Waals surface area contributed by atoms with Gasteiger partial charge in [0.1, 0.15) is 4.34 Å². The molecule has 1 aromatic rings. The molecule has 0 spiro atoms. The number of hydrogen-bond acceptors (Lipinski definition) is 1. The lowest BCUT2D eigenvalue weighted by molar-refractivity contribution is 1.95. The van der Waals surface area contributed by atoms with Crippen molar-refractivity contribution in [3.8, 4) is 0 Å². The van der Waals surface area contributed by atoms with Gasteiger partial charge >= 0.3 is 0 Å². The fraction of sp³-hybridized carbons (Fsp3) is 0. The smallest absolute Gasteiger partial charge is 0.113 e. The minimum absolute atomic E-state index is 0.654. The van der Waals surface area contributed by atoms with E-state index in [1.54, 1.807) is 0 Å². The molecule has 44 valence electrons. The van der Waals surface area contributed by atoms with Gasteiger partial charge < -0.3 is 0 Å². The molecule has 0 N–H and O–H groups in total. The molecule has 0 aliphatic heterocycles. The molecule has 0 aliphatic rings. The van der Waals surface area contributed by atoms with Gasteiger partial charge in [-0.15, -0.1) is 11.3 Å². The van der Waals surface area contributed by atoms with Crippen LogP contribution in [0.1, 0.15) is 0 Å². The highest BCUT2D eigenvalue weighted by atomic mass is 127. The third-order valence-corrected chi connectivity index (χ3v) is 3.24. The zero-order valence-corrected chi connectivity index (χ0v) is 8.11. The Morgan fingerprint density at radius 1 is 1.50 bits per heavy atom. The molecule has 0 amide bonds. The van der Waals surface area contributed by atoms with E-state index in [0.29, 0.717) is 9.36 Å². The monoisotopic (exact) mass is 278 g/mol. The second kappa shape index (κ2) is 2.73. The van der Waals surface area contributed by atoms with Gasteiger partial charge in [-0.1, -0.05) is 23.2 Å². The fourth-order valence-corrected chi connectivity index (χ4v) is 2.96. The van der Waals surface area contributed by atoms with E-state index in [0.717, 1.165) is 2.88 Å². The van der Waals surface area contributed by atoms with Crippen LogP contribution in [0.4, 0.5) is 0 Å². The third-order valence-electron chi connectivity index (χ3n) is 0.615. The number of rotatable bonds is 0. The third kappa shape index (κ3) is 1.50. The zero-order valence-electron chi connectivity index (χ0n) is 3.62. The van der Waals surface area contributed by atoms with Crippen LogP contribution in [-0.4, -0.2) is 0 Å². The molecular weight excluding hydrogens is 278 g/mol. The summed E-state index contributed by atoms with van der Waals surface area (Å²) < 4.78 is 1.80. The molecule has 0 aliphatic carbocycles. The number of halogens is 3. The van der Waals surface area contributed by atoms with Crippen molar-refractivity contribution in [1.82, 2.24) is 0 Å². The summed E-state index contributed by atoms with van der Waals surface area (Å²) in [6.07, 6.45) is 0. The van der Waals surface area contributed by atoms with Crippen molar-refractivity contribution in [2.75, 3.05) is 0 Å². The molecule has 1 heterocycles. The SMILES string of the molecule is Clc1cc(I)sc1Cl. The van der Waals surface area contributed by atoms with Crippen LogP contribution in [0.2, 0.25) is 9.36 Å². The second-order valence-electron chi connectivity index (χ2n) is 1.17. The molecule has 1 rings (SSSR count). The predicted molar refractivity (Wildman–Crippen MR) is 47.1 cm³/mol. The van der Waals surface area contributed by atoms with E-state index in [4.69, 9.17) is 23.2 Å². The average Bonchev–Trinajstić information content (AvgIpc) is 1.85. The summed E-state index contributed by atoms with van der Waals surface area (Å²) in [5.41, 5.74) is 0. The average molecular weight is 279 g/mol. The maximum absolute atomic E-state index is 5.61. The minimum atomic E-state index is 0.654. The highest BCUT2D eigenvalue weighted by molar-refractivity contribution is 14.1. The van der Waals surface area contributed by atoms with E-state index in [1.807, 2.05) is 6.07 Å². The van der Waals surface area contributed by atoms with Crippen LogP contribution in [0.15, 0.2) is 6.07 Å². The van der Waals surface area contributed by atoms with Crippen molar-refractivity contribution >= 4 is 57.1 Å². The van der Waals surface area contributed by atoms with Crippen molar-refractivity contribution in [2.45, 2.75) is 0 Å². The summed E-state index contributed by atoms with van der Waals surface area (Å²) in [7, 11) is 0. The molecule has 0 bridgehead atoms. The molecule has 0 aromatic carbocycles. The van der Waals surface area contributed by atoms with Crippen LogP contribution in [0.25, 0.3) is 0 Å². The van der Waals surface area contributed by atoms with Gasteiger partial charge in [0.15, 0.2) is 0 Å². The van der Waals surface area contributed by atoms with E-state index < -0.39 is 0 Å². The van der Waals surface area contributed by atoms with Gasteiger partial charge in [-0.05, 0) is 28.7 Å². The molecule has 0 fully saturated rings. The highest BCUT2D eigenvalue weighted by Crippen LogP contribution is 2.31. The summed E-state index contributed by atoms with van der Waals surface area (Å²) in [5, 5.41) is 0.654. The van der Waals surface area contributed by atoms with Crippen LogP contribution in [0.5, 0.6) is 0 Å². The summed E-state index contributed by atoms with van der Waals surface area (Å²) in [5.74, 6) is 0. The quantitative estimate of drug-likeness (QED) is 0.636. The molecule has 4 heteroatoms. The van der Waals surface area contributed by atoms with Crippen molar-refractivity contribution in [1.29, 1.82) is 0 Å². The first kappa shape index (κ1) is 7.12. The van der Waals surface area contributed by atoms with Crippen molar-refractivity contribution in [3.05, 3.63) is 18.3 Å². The van der Waals surface area contributed by atoms with Crippen LogP contribution >= 0.6 is 57.1 Å². The first-order valence-corrected chi connectivity index (χ1v) is 4.45. The Labute approximate surface area is 74.9 Å². The van der Waals surface area contributed by atoms with Crippen LogP contribution < -0.4 is 0 Å². The Kier molecular flexibility index (Phi) is 2.43. The standard InChI is InChI=1S/C4HCl2IS/c5-2-1-3(7)8-4(2)6/h1H. The van der Waals surface area contributed by atoms with Crippen LogP contribution in [0.3, 0.4) is 0 Å². The number of hydrogen-bond donors (Lipinski definition) is 0. The van der Waals surface area contributed by atoms with E-state index in [9.17, 15) is 0 Å². The second-order valence-corrected chi connectivity index (χ2v) is 5.13. The molecule has 0 radical (unpaired) electrons. The highest BCUT2D eigenvalue weighted by Gasteiger charge is 1.99. The molecule has 0 saturated carbocycles. The first-order chi connectivity index (χ1) is 3.70. The maximum Gasteiger partial charge on any atom is 0.113 e. The fourth-order valence-electron chi connectivity index (χ4n) is 0.320. The first-order valence-electron chi connectivity index (χ1n) is 1.80. The summed E-state index contributed by atoms with van der Waals surface area (Å²) in [4.78, 5) is 0. The molecule has 0 saturated heterocycles. The van der Waals surface area contributed by atoms with Gasteiger partial charge in [0.05, 0.1) is 7.91 Å². The van der Waals surface area contributed by atoms with E-state index >= 15 is 0 Å². The number of thiophene rings is 1. The van der Waals surface area contributed by atoms with Crippen molar-refractivity contribution in [2.24, 2.45) is 0 Å². The Morgan fingerprint density at radius 3 is 2.25 bits per heavy atom. The van der Waals surface area contributed by atoms with Crippen molar-refractivity contribution < 1.29 is 0 Å². The van der Waals surface area contributed by atoms with E-state index in [2.05, 4.69) is 22.6 Å². The Balaban J connectivity index is 3.14. The summed E-state index contributed by atoms with van der Waals surface area (Å²) in [6.45, 7) is 0. The Morgan fingerprint density at radius 2 is 2.12 bits per heavy atom. The van der Waals surface area contributed by atoms with Gasteiger partial charge in [0, 0.05) is 0 Å². The lowest BCUT2D eigenvalue weighted by Crippen LogP contribution is -1.45. The Bertz CT molecular complexity index is 176. The Hall–Kier alpha value is 1.01.